The third-order valence-corrected chi connectivity index (χ3v) is 5.93. The lowest BCUT2D eigenvalue weighted by atomic mass is 9.79. The molecule has 28 heavy (non-hydrogen) atoms. The highest BCUT2D eigenvalue weighted by Gasteiger charge is 2.30. The smallest absolute Gasteiger partial charge is 0.236 e. The van der Waals surface area contributed by atoms with Crippen LogP contribution in [0.3, 0.4) is 0 Å². The molecule has 2 unspecified atom stereocenters. The van der Waals surface area contributed by atoms with Crippen molar-refractivity contribution in [1.82, 2.24) is 9.97 Å². The van der Waals surface area contributed by atoms with Crippen molar-refractivity contribution in [3.8, 4) is 11.4 Å². The van der Waals surface area contributed by atoms with Gasteiger partial charge in [0.05, 0.1) is 5.56 Å². The molecular formula is C23H29F3N2. The number of hydrogen-bond donors (Lipinski definition) is 0. The normalized spacial score (nSPS) is 18.0. The van der Waals surface area contributed by atoms with Gasteiger partial charge in [0.2, 0.25) is 0 Å². The van der Waals surface area contributed by atoms with Gasteiger partial charge < -0.3 is 0 Å². The Morgan fingerprint density at radius 2 is 1.89 bits per heavy atom. The lowest BCUT2D eigenvalue weighted by Crippen LogP contribution is -2.19. The zero-order valence-electron chi connectivity index (χ0n) is 16.7. The van der Waals surface area contributed by atoms with Crippen LogP contribution in [0.25, 0.3) is 11.4 Å². The Hall–Kier alpha value is -1.91. The van der Waals surface area contributed by atoms with Crippen LogP contribution in [-0.4, -0.2) is 9.97 Å². The Bertz CT molecular complexity index is 768. The van der Waals surface area contributed by atoms with E-state index in [0.29, 0.717) is 17.3 Å². The minimum Gasteiger partial charge on any atom is -0.236 e. The summed E-state index contributed by atoms with van der Waals surface area (Å²) in [5.74, 6) is 2.01. The van der Waals surface area contributed by atoms with Gasteiger partial charge in [0.15, 0.2) is 5.82 Å². The van der Waals surface area contributed by atoms with Crippen molar-refractivity contribution in [2.45, 2.75) is 71.4 Å². The molecule has 0 bridgehead atoms. The molecule has 0 radical (unpaired) electrons. The number of halogens is 3. The number of hydrogen-bond acceptors (Lipinski definition) is 2. The topological polar surface area (TPSA) is 25.8 Å². The highest BCUT2D eigenvalue weighted by Crippen LogP contribution is 2.33. The fourth-order valence-electron chi connectivity index (χ4n) is 4.18. The molecule has 1 aromatic carbocycles. The van der Waals surface area contributed by atoms with Crippen LogP contribution in [0.2, 0.25) is 0 Å². The molecule has 5 heteroatoms. The second kappa shape index (κ2) is 9.06. The van der Waals surface area contributed by atoms with Crippen molar-refractivity contribution < 1.29 is 13.2 Å². The van der Waals surface area contributed by atoms with E-state index in [1.54, 1.807) is 0 Å². The van der Waals surface area contributed by atoms with Crippen molar-refractivity contribution in [2.75, 3.05) is 0 Å². The average molecular weight is 390 g/mol. The van der Waals surface area contributed by atoms with Crippen molar-refractivity contribution in [1.29, 1.82) is 0 Å². The molecule has 0 saturated heterocycles. The van der Waals surface area contributed by atoms with Crippen molar-refractivity contribution in [2.24, 2.45) is 11.8 Å². The van der Waals surface area contributed by atoms with Gasteiger partial charge in [-0.3, -0.25) is 0 Å². The van der Waals surface area contributed by atoms with Crippen LogP contribution in [0.4, 0.5) is 13.2 Å². The molecule has 1 aliphatic carbocycles. The van der Waals surface area contributed by atoms with Gasteiger partial charge in [0.25, 0.3) is 0 Å². The summed E-state index contributed by atoms with van der Waals surface area (Å²) in [5, 5.41) is 0. The Labute approximate surface area is 165 Å². The molecule has 0 N–H and O–H groups in total. The second-order valence-electron chi connectivity index (χ2n) is 8.00. The predicted octanol–water partition coefficient (Wildman–Crippen LogP) is 6.87. The first kappa shape index (κ1) is 20.8. The first-order chi connectivity index (χ1) is 13.4. The molecule has 0 saturated carbocycles. The van der Waals surface area contributed by atoms with Crippen LogP contribution in [0.1, 0.15) is 69.2 Å². The molecule has 2 nitrogen and oxygen atoms in total. The summed E-state index contributed by atoms with van der Waals surface area (Å²) in [6.45, 7) is 4.53. The van der Waals surface area contributed by atoms with E-state index >= 15 is 0 Å². The monoisotopic (exact) mass is 390 g/mol. The Kier molecular flexibility index (Phi) is 6.73. The summed E-state index contributed by atoms with van der Waals surface area (Å²) >= 11 is 0. The van der Waals surface area contributed by atoms with Crippen LogP contribution in [0.5, 0.6) is 0 Å². The Morgan fingerprint density at radius 3 is 2.54 bits per heavy atom. The van der Waals surface area contributed by atoms with Crippen LogP contribution < -0.4 is 0 Å². The quantitative estimate of drug-likeness (QED) is 0.515. The van der Waals surface area contributed by atoms with Gasteiger partial charge in [-0.1, -0.05) is 51.7 Å². The molecule has 1 aliphatic rings. The minimum atomic E-state index is -4.32. The minimum absolute atomic E-state index is 0.514. The summed E-state index contributed by atoms with van der Waals surface area (Å²) in [5.41, 5.74) is 2.24. The Morgan fingerprint density at radius 1 is 1.14 bits per heavy atom. The summed E-state index contributed by atoms with van der Waals surface area (Å²) < 4.78 is 38.2. The van der Waals surface area contributed by atoms with E-state index in [0.717, 1.165) is 43.0 Å². The maximum Gasteiger partial charge on any atom is 0.416 e. The highest BCUT2D eigenvalue weighted by molar-refractivity contribution is 5.56. The molecule has 2 atom stereocenters. The van der Waals surface area contributed by atoms with Gasteiger partial charge >= 0.3 is 6.18 Å². The number of nitrogens with zero attached hydrogens (tertiary/aromatic N) is 2. The lowest BCUT2D eigenvalue weighted by Gasteiger charge is -2.27. The number of rotatable bonds is 7. The fraction of sp³-hybridized carbons (Fsp3) is 0.565. The summed E-state index contributed by atoms with van der Waals surface area (Å²) in [4.78, 5) is 9.11. The standard InChI is InChI=1S/C23H29F3N2/c1-3-5-6-16(4-2)13-17-7-12-21-19(14-17)15-27-22(28-21)18-8-10-20(11-9-18)23(24,25)26/h8-11,15-17H,3-7,12-14H2,1-2H3. The Balaban J connectivity index is 1.68. The predicted molar refractivity (Wildman–Crippen MR) is 106 cm³/mol. The lowest BCUT2D eigenvalue weighted by molar-refractivity contribution is -0.137. The molecule has 0 fully saturated rings. The van der Waals surface area contributed by atoms with Crippen LogP contribution in [-0.2, 0) is 19.0 Å². The maximum atomic E-state index is 12.7. The van der Waals surface area contributed by atoms with Crippen molar-refractivity contribution in [3.63, 3.8) is 0 Å². The summed E-state index contributed by atoms with van der Waals surface area (Å²) in [7, 11) is 0. The molecule has 0 amide bonds. The van der Waals surface area contributed by atoms with E-state index in [9.17, 15) is 13.2 Å². The molecule has 1 aromatic heterocycles. The number of alkyl halides is 3. The summed E-state index contributed by atoms with van der Waals surface area (Å²) in [6, 6.07) is 5.09. The van der Waals surface area contributed by atoms with Gasteiger partial charge in [-0.05, 0) is 55.2 Å². The average Bonchev–Trinajstić information content (AvgIpc) is 2.70. The number of aromatic nitrogens is 2. The molecule has 0 spiro atoms. The zero-order valence-corrected chi connectivity index (χ0v) is 16.7. The van der Waals surface area contributed by atoms with Gasteiger partial charge in [0.1, 0.15) is 0 Å². The number of aryl methyl sites for hydroxylation is 1. The van der Waals surface area contributed by atoms with Crippen molar-refractivity contribution >= 4 is 0 Å². The zero-order chi connectivity index (χ0) is 20.1. The second-order valence-corrected chi connectivity index (χ2v) is 8.00. The van der Waals surface area contributed by atoms with E-state index in [1.807, 2.05) is 6.20 Å². The first-order valence-electron chi connectivity index (χ1n) is 10.4. The van der Waals surface area contributed by atoms with Gasteiger partial charge in [-0.25, -0.2) is 9.97 Å². The van der Waals surface area contributed by atoms with E-state index in [2.05, 4.69) is 23.8 Å². The van der Waals surface area contributed by atoms with Crippen molar-refractivity contribution in [3.05, 3.63) is 47.3 Å². The van der Waals surface area contributed by atoms with E-state index in [-0.39, 0.29) is 0 Å². The first-order valence-corrected chi connectivity index (χ1v) is 10.4. The van der Waals surface area contributed by atoms with Crippen LogP contribution >= 0.6 is 0 Å². The van der Waals surface area contributed by atoms with Crippen LogP contribution in [0, 0.1) is 11.8 Å². The van der Waals surface area contributed by atoms with E-state index < -0.39 is 11.7 Å². The molecule has 2 aromatic rings. The molecule has 0 aliphatic heterocycles. The largest absolute Gasteiger partial charge is 0.416 e. The number of benzene rings is 1. The highest BCUT2D eigenvalue weighted by atomic mass is 19.4. The fourth-order valence-corrected chi connectivity index (χ4v) is 4.18. The summed E-state index contributed by atoms with van der Waals surface area (Å²) in [6.07, 6.45) is 7.05. The van der Waals surface area contributed by atoms with Gasteiger partial charge in [-0.15, -0.1) is 0 Å². The third kappa shape index (κ3) is 5.12. The van der Waals surface area contributed by atoms with Gasteiger partial charge in [0, 0.05) is 17.5 Å². The maximum absolute atomic E-state index is 12.7. The molecule has 1 heterocycles. The van der Waals surface area contributed by atoms with Gasteiger partial charge in [-0.2, -0.15) is 13.2 Å². The number of unbranched alkanes of at least 4 members (excludes halogenated alkanes) is 1. The molecule has 152 valence electrons. The molecular weight excluding hydrogens is 361 g/mol. The number of fused-ring (bicyclic) bond motifs is 1. The SMILES string of the molecule is CCCCC(CC)CC1CCc2nc(-c3ccc(C(F)(F)F)cc3)ncc2C1. The third-order valence-electron chi connectivity index (χ3n) is 5.93. The molecule has 3 rings (SSSR count). The van der Waals surface area contributed by atoms with E-state index in [1.165, 1.54) is 49.8 Å². The van der Waals surface area contributed by atoms with E-state index in [4.69, 9.17) is 0 Å². The van der Waals surface area contributed by atoms with Crippen LogP contribution in [0.15, 0.2) is 30.5 Å².